The summed E-state index contributed by atoms with van der Waals surface area (Å²) in [7, 11) is 0. The summed E-state index contributed by atoms with van der Waals surface area (Å²) < 4.78 is 5.94. The molecule has 7 heteroatoms. The number of para-hydroxylation sites is 1. The van der Waals surface area contributed by atoms with Gasteiger partial charge in [-0.2, -0.15) is 0 Å². The second-order valence-corrected chi connectivity index (χ2v) is 8.88. The molecule has 6 nitrogen and oxygen atoms in total. The van der Waals surface area contributed by atoms with Gasteiger partial charge in [-0.25, -0.2) is 4.98 Å². The van der Waals surface area contributed by atoms with Crippen LogP contribution in [0.25, 0.3) is 0 Å². The van der Waals surface area contributed by atoms with E-state index in [1.165, 1.54) is 17.3 Å². The van der Waals surface area contributed by atoms with Crippen LogP contribution in [0.5, 0.6) is 5.75 Å². The molecular formula is C24H25N3O3S. The van der Waals surface area contributed by atoms with Crippen LogP contribution in [0.3, 0.4) is 0 Å². The number of H-pyrrole nitrogens is 1. The van der Waals surface area contributed by atoms with Gasteiger partial charge in [-0.1, -0.05) is 59.8 Å². The molecule has 0 spiro atoms. The molecule has 0 radical (unpaired) electrons. The van der Waals surface area contributed by atoms with Crippen LogP contribution in [-0.2, 0) is 10.5 Å². The molecule has 0 aliphatic carbocycles. The molecular weight excluding hydrogens is 410 g/mol. The maximum absolute atomic E-state index is 13.1. The zero-order valence-corrected chi connectivity index (χ0v) is 18.6. The van der Waals surface area contributed by atoms with Crippen LogP contribution in [0.1, 0.15) is 48.4 Å². The molecule has 160 valence electrons. The number of ether oxygens (including phenoxy) is 1. The van der Waals surface area contributed by atoms with E-state index in [4.69, 9.17) is 4.74 Å². The number of aromatic amines is 1. The van der Waals surface area contributed by atoms with Gasteiger partial charge in [0, 0.05) is 23.7 Å². The minimum Gasteiger partial charge on any atom is -0.491 e. The van der Waals surface area contributed by atoms with Gasteiger partial charge in [0.2, 0.25) is 5.91 Å². The molecule has 1 aliphatic heterocycles. The van der Waals surface area contributed by atoms with Gasteiger partial charge >= 0.3 is 0 Å². The van der Waals surface area contributed by atoms with Crippen molar-refractivity contribution in [2.45, 2.75) is 50.1 Å². The van der Waals surface area contributed by atoms with Gasteiger partial charge in [0.05, 0.1) is 11.7 Å². The summed E-state index contributed by atoms with van der Waals surface area (Å²) in [5.74, 6) is 1.11. The number of aromatic nitrogens is 2. The molecule has 2 N–H and O–H groups in total. The topological polar surface area (TPSA) is 84.1 Å². The SMILES string of the molecule is Cc1ccc(CSc2nc3c(c(=O)[nH]2)C(c2ccccc2OC(C)C)CC(=O)N3)cc1. The molecule has 1 aliphatic rings. The normalized spacial score (nSPS) is 15.5. The molecule has 31 heavy (non-hydrogen) atoms. The number of aryl methyl sites for hydroxylation is 1. The highest BCUT2D eigenvalue weighted by atomic mass is 32.2. The molecule has 2 aromatic carbocycles. The predicted molar refractivity (Wildman–Crippen MR) is 123 cm³/mol. The Balaban J connectivity index is 1.66. The van der Waals surface area contributed by atoms with E-state index in [-0.39, 0.29) is 24.0 Å². The first-order valence-corrected chi connectivity index (χ1v) is 11.3. The lowest BCUT2D eigenvalue weighted by Gasteiger charge is -2.26. The van der Waals surface area contributed by atoms with Gasteiger partial charge in [0.25, 0.3) is 5.56 Å². The molecule has 0 fully saturated rings. The minimum atomic E-state index is -0.411. The molecule has 1 aromatic heterocycles. The minimum absolute atomic E-state index is 0.0185. The van der Waals surface area contributed by atoms with E-state index in [0.717, 1.165) is 11.1 Å². The standard InChI is InChI=1S/C24H25N3O3S/c1-14(2)30-19-7-5-4-6-17(19)18-12-20(28)25-22-21(18)23(29)27-24(26-22)31-13-16-10-8-15(3)9-11-16/h4-11,14,18H,12-13H2,1-3H3,(H2,25,26,27,28,29). The summed E-state index contributed by atoms with van der Waals surface area (Å²) in [5.41, 5.74) is 3.39. The molecule has 0 saturated carbocycles. The largest absolute Gasteiger partial charge is 0.491 e. The van der Waals surface area contributed by atoms with Crippen LogP contribution < -0.4 is 15.6 Å². The van der Waals surface area contributed by atoms with Crippen molar-refractivity contribution in [3.05, 3.63) is 81.1 Å². The fraction of sp³-hybridized carbons (Fsp3) is 0.292. The van der Waals surface area contributed by atoms with Crippen LogP contribution in [0.4, 0.5) is 5.82 Å². The van der Waals surface area contributed by atoms with Crippen LogP contribution in [0.15, 0.2) is 58.5 Å². The Hall–Kier alpha value is -3.06. The van der Waals surface area contributed by atoms with Gasteiger partial charge in [0.15, 0.2) is 5.16 Å². The monoisotopic (exact) mass is 435 g/mol. The maximum Gasteiger partial charge on any atom is 0.257 e. The highest BCUT2D eigenvalue weighted by molar-refractivity contribution is 7.98. The summed E-state index contributed by atoms with van der Waals surface area (Å²) >= 11 is 1.43. The van der Waals surface area contributed by atoms with Crippen molar-refractivity contribution in [3.63, 3.8) is 0 Å². The van der Waals surface area contributed by atoms with Crippen LogP contribution in [-0.4, -0.2) is 22.0 Å². The summed E-state index contributed by atoms with van der Waals surface area (Å²) in [5, 5.41) is 3.27. The number of fused-ring (bicyclic) bond motifs is 1. The van der Waals surface area contributed by atoms with Crippen LogP contribution >= 0.6 is 11.8 Å². The number of nitrogens with one attached hydrogen (secondary N) is 2. The Bertz CT molecular complexity index is 1160. The van der Waals surface area contributed by atoms with Crippen molar-refractivity contribution in [3.8, 4) is 5.75 Å². The first-order valence-electron chi connectivity index (χ1n) is 10.3. The van der Waals surface area contributed by atoms with Crippen molar-refractivity contribution >= 4 is 23.5 Å². The van der Waals surface area contributed by atoms with E-state index in [2.05, 4.69) is 39.6 Å². The third-order valence-corrected chi connectivity index (χ3v) is 6.03. The van der Waals surface area contributed by atoms with Gasteiger partial charge in [0.1, 0.15) is 11.6 Å². The number of anilines is 1. The number of carbonyl (C=O) groups is 1. The summed E-state index contributed by atoms with van der Waals surface area (Å²) in [6.45, 7) is 5.94. The molecule has 4 rings (SSSR count). The number of nitrogens with zero attached hydrogens (tertiary/aromatic N) is 1. The maximum atomic E-state index is 13.1. The molecule has 3 aromatic rings. The summed E-state index contributed by atoms with van der Waals surface area (Å²) in [6.07, 6.45) is 0.154. The van der Waals surface area contributed by atoms with Crippen molar-refractivity contribution < 1.29 is 9.53 Å². The zero-order valence-electron chi connectivity index (χ0n) is 17.8. The smallest absolute Gasteiger partial charge is 0.257 e. The van der Waals surface area contributed by atoms with E-state index in [1.54, 1.807) is 0 Å². The van der Waals surface area contributed by atoms with Gasteiger partial charge in [-0.3, -0.25) is 9.59 Å². The second-order valence-electron chi connectivity index (χ2n) is 7.92. The van der Waals surface area contributed by atoms with Crippen LogP contribution in [0, 0.1) is 6.92 Å². The zero-order chi connectivity index (χ0) is 22.0. The van der Waals surface area contributed by atoms with E-state index in [1.807, 2.05) is 45.0 Å². The molecule has 1 amide bonds. The average molecular weight is 436 g/mol. The fourth-order valence-corrected chi connectivity index (χ4v) is 4.47. The fourth-order valence-electron chi connectivity index (χ4n) is 3.65. The van der Waals surface area contributed by atoms with Gasteiger partial charge in [-0.15, -0.1) is 0 Å². The van der Waals surface area contributed by atoms with Crippen molar-refractivity contribution in [2.75, 3.05) is 5.32 Å². The third kappa shape index (κ3) is 4.82. The van der Waals surface area contributed by atoms with Gasteiger partial charge < -0.3 is 15.0 Å². The Kier molecular flexibility index (Phi) is 6.13. The molecule has 0 saturated heterocycles. The van der Waals surface area contributed by atoms with Crippen molar-refractivity contribution in [2.24, 2.45) is 0 Å². The number of benzene rings is 2. The van der Waals surface area contributed by atoms with E-state index in [0.29, 0.717) is 28.0 Å². The lowest BCUT2D eigenvalue weighted by molar-refractivity contribution is -0.116. The quantitative estimate of drug-likeness (QED) is 0.436. The number of rotatable bonds is 6. The number of thioether (sulfide) groups is 1. The Morgan fingerprint density at radius 1 is 1.13 bits per heavy atom. The third-order valence-electron chi connectivity index (χ3n) is 5.08. The summed E-state index contributed by atoms with van der Waals surface area (Å²) in [4.78, 5) is 33.0. The molecule has 1 unspecified atom stereocenters. The number of hydrogen-bond donors (Lipinski definition) is 2. The van der Waals surface area contributed by atoms with Crippen molar-refractivity contribution in [1.29, 1.82) is 0 Å². The number of carbonyl (C=O) groups excluding carboxylic acids is 1. The highest BCUT2D eigenvalue weighted by Crippen LogP contribution is 2.39. The predicted octanol–water partition coefficient (Wildman–Crippen LogP) is 4.63. The molecule has 2 heterocycles. The first-order chi connectivity index (χ1) is 14.9. The highest BCUT2D eigenvalue weighted by Gasteiger charge is 2.32. The van der Waals surface area contributed by atoms with Gasteiger partial charge in [-0.05, 0) is 32.4 Å². The Morgan fingerprint density at radius 2 is 1.87 bits per heavy atom. The Morgan fingerprint density at radius 3 is 2.61 bits per heavy atom. The number of hydrogen-bond acceptors (Lipinski definition) is 5. The second kappa shape index (κ2) is 8.98. The lowest BCUT2D eigenvalue weighted by atomic mass is 9.86. The average Bonchev–Trinajstić information content (AvgIpc) is 2.72. The van der Waals surface area contributed by atoms with E-state index in [9.17, 15) is 9.59 Å². The number of amides is 1. The lowest BCUT2D eigenvalue weighted by Crippen LogP contribution is -2.31. The molecule has 0 bridgehead atoms. The van der Waals surface area contributed by atoms with Crippen molar-refractivity contribution in [1.82, 2.24) is 9.97 Å². The summed E-state index contributed by atoms with van der Waals surface area (Å²) in [6, 6.07) is 15.8. The van der Waals surface area contributed by atoms with Crippen LogP contribution in [0.2, 0.25) is 0 Å². The first kappa shape index (κ1) is 21.2. The van der Waals surface area contributed by atoms with E-state index >= 15 is 0 Å². The Labute approximate surface area is 185 Å². The molecule has 1 atom stereocenters. The van der Waals surface area contributed by atoms with E-state index < -0.39 is 5.92 Å².